The summed E-state index contributed by atoms with van der Waals surface area (Å²) in [6, 6.07) is 13.0. The number of hydrogen-bond donors (Lipinski definition) is 1. The van der Waals surface area contributed by atoms with Gasteiger partial charge in [-0.1, -0.05) is 37.3 Å². The van der Waals surface area contributed by atoms with Crippen molar-refractivity contribution in [2.24, 2.45) is 0 Å². The van der Waals surface area contributed by atoms with E-state index in [9.17, 15) is 9.59 Å². The number of rotatable bonds is 3. The van der Waals surface area contributed by atoms with E-state index in [4.69, 9.17) is 0 Å². The standard InChI is InChI=1S/C18H17NO2/c1-3-11(2)19-18(21)12-8-9-14-13-6-4-5-7-15(13)17(20)16(14)10-12/h4-11H,3H2,1-2H3,(H,19,21). The molecule has 0 bridgehead atoms. The van der Waals surface area contributed by atoms with Crippen LogP contribution < -0.4 is 5.32 Å². The first kappa shape index (κ1) is 13.6. The van der Waals surface area contributed by atoms with Gasteiger partial charge < -0.3 is 5.32 Å². The smallest absolute Gasteiger partial charge is 0.251 e. The lowest BCUT2D eigenvalue weighted by molar-refractivity contribution is 0.0939. The van der Waals surface area contributed by atoms with E-state index in [-0.39, 0.29) is 17.7 Å². The van der Waals surface area contributed by atoms with Gasteiger partial charge in [-0.3, -0.25) is 9.59 Å². The molecule has 0 heterocycles. The van der Waals surface area contributed by atoms with E-state index in [1.165, 1.54) is 0 Å². The molecular weight excluding hydrogens is 262 g/mol. The fourth-order valence-corrected chi connectivity index (χ4v) is 2.58. The number of carbonyl (C=O) groups is 2. The number of carbonyl (C=O) groups excluding carboxylic acids is 2. The predicted octanol–water partition coefficient (Wildman–Crippen LogP) is 3.43. The first-order valence-corrected chi connectivity index (χ1v) is 7.21. The lowest BCUT2D eigenvalue weighted by Crippen LogP contribution is -2.31. The maximum atomic E-state index is 12.4. The van der Waals surface area contributed by atoms with Crippen LogP contribution in [0.3, 0.4) is 0 Å². The summed E-state index contributed by atoms with van der Waals surface area (Å²) in [6.45, 7) is 3.99. The van der Waals surface area contributed by atoms with Crippen LogP contribution in [0.1, 0.15) is 46.5 Å². The topological polar surface area (TPSA) is 46.2 Å². The summed E-state index contributed by atoms with van der Waals surface area (Å²) in [5.41, 5.74) is 3.73. The molecule has 106 valence electrons. The maximum Gasteiger partial charge on any atom is 0.251 e. The van der Waals surface area contributed by atoms with Crippen LogP contribution in [0.15, 0.2) is 42.5 Å². The molecule has 1 atom stereocenters. The quantitative estimate of drug-likeness (QED) is 0.798. The van der Waals surface area contributed by atoms with Gasteiger partial charge in [-0.25, -0.2) is 0 Å². The van der Waals surface area contributed by atoms with Crippen molar-refractivity contribution in [3.63, 3.8) is 0 Å². The highest BCUT2D eigenvalue weighted by Gasteiger charge is 2.27. The molecule has 1 aliphatic rings. The molecule has 0 aliphatic heterocycles. The fourth-order valence-electron chi connectivity index (χ4n) is 2.58. The maximum absolute atomic E-state index is 12.4. The van der Waals surface area contributed by atoms with Crippen molar-refractivity contribution in [2.75, 3.05) is 0 Å². The molecule has 3 nitrogen and oxygen atoms in total. The van der Waals surface area contributed by atoms with Crippen LogP contribution in [0.5, 0.6) is 0 Å². The molecule has 3 heteroatoms. The minimum atomic E-state index is -0.129. The van der Waals surface area contributed by atoms with Crippen molar-refractivity contribution in [3.05, 3.63) is 59.2 Å². The van der Waals surface area contributed by atoms with E-state index in [0.29, 0.717) is 16.7 Å². The van der Waals surface area contributed by atoms with Gasteiger partial charge in [0.1, 0.15) is 0 Å². The minimum Gasteiger partial charge on any atom is -0.350 e. The van der Waals surface area contributed by atoms with Gasteiger partial charge in [-0.2, -0.15) is 0 Å². The average Bonchev–Trinajstić information content (AvgIpc) is 2.80. The first-order chi connectivity index (χ1) is 10.1. The Balaban J connectivity index is 1.98. The average molecular weight is 279 g/mol. The molecule has 0 spiro atoms. The number of hydrogen-bond acceptors (Lipinski definition) is 2. The highest BCUT2D eigenvalue weighted by molar-refractivity contribution is 6.22. The first-order valence-electron chi connectivity index (χ1n) is 7.21. The molecule has 0 aromatic heterocycles. The molecule has 0 saturated heterocycles. The van der Waals surface area contributed by atoms with Crippen LogP contribution in [0, 0.1) is 0 Å². The third-order valence-corrected chi connectivity index (χ3v) is 3.98. The number of ketones is 1. The highest BCUT2D eigenvalue weighted by Crippen LogP contribution is 2.36. The Morgan fingerprint density at radius 3 is 2.43 bits per heavy atom. The van der Waals surface area contributed by atoms with Crippen molar-refractivity contribution in [1.29, 1.82) is 0 Å². The summed E-state index contributed by atoms with van der Waals surface area (Å²) in [7, 11) is 0. The minimum absolute atomic E-state index is 0.00112. The van der Waals surface area contributed by atoms with Crippen LogP contribution in [0.2, 0.25) is 0 Å². The van der Waals surface area contributed by atoms with Gasteiger partial charge in [0.15, 0.2) is 5.78 Å². The van der Waals surface area contributed by atoms with Gasteiger partial charge in [0.25, 0.3) is 5.91 Å². The van der Waals surface area contributed by atoms with Gasteiger partial charge in [-0.05, 0) is 36.6 Å². The van der Waals surface area contributed by atoms with Gasteiger partial charge >= 0.3 is 0 Å². The Bertz CT molecular complexity index is 734. The molecule has 2 aromatic carbocycles. The van der Waals surface area contributed by atoms with E-state index in [2.05, 4.69) is 5.32 Å². The van der Waals surface area contributed by atoms with Gasteiger partial charge in [0.05, 0.1) is 0 Å². The molecule has 2 aromatic rings. The lowest BCUT2D eigenvalue weighted by Gasteiger charge is -2.11. The van der Waals surface area contributed by atoms with Crippen molar-refractivity contribution < 1.29 is 9.59 Å². The van der Waals surface area contributed by atoms with E-state index in [1.807, 2.05) is 44.2 Å². The van der Waals surface area contributed by atoms with E-state index in [1.54, 1.807) is 12.1 Å². The summed E-state index contributed by atoms with van der Waals surface area (Å²) < 4.78 is 0. The fraction of sp³-hybridized carbons (Fsp3) is 0.222. The Morgan fingerprint density at radius 2 is 1.71 bits per heavy atom. The molecule has 1 amide bonds. The lowest BCUT2D eigenvalue weighted by atomic mass is 10.0. The summed E-state index contributed by atoms with van der Waals surface area (Å²) in [5.74, 6) is -0.130. The van der Waals surface area contributed by atoms with Crippen LogP contribution in [-0.4, -0.2) is 17.7 Å². The summed E-state index contributed by atoms with van der Waals surface area (Å²) in [6.07, 6.45) is 0.876. The van der Waals surface area contributed by atoms with Crippen LogP contribution in [-0.2, 0) is 0 Å². The second-order valence-corrected chi connectivity index (χ2v) is 5.42. The second-order valence-electron chi connectivity index (χ2n) is 5.42. The zero-order valence-corrected chi connectivity index (χ0v) is 12.1. The second kappa shape index (κ2) is 5.17. The summed E-state index contributed by atoms with van der Waals surface area (Å²) in [4.78, 5) is 24.6. The third kappa shape index (κ3) is 2.25. The number of amides is 1. The van der Waals surface area contributed by atoms with Crippen LogP contribution in [0.4, 0.5) is 0 Å². The zero-order valence-electron chi connectivity index (χ0n) is 12.1. The Morgan fingerprint density at radius 1 is 1.05 bits per heavy atom. The molecule has 0 fully saturated rings. The Hall–Kier alpha value is -2.42. The van der Waals surface area contributed by atoms with Crippen molar-refractivity contribution >= 4 is 11.7 Å². The van der Waals surface area contributed by atoms with E-state index < -0.39 is 0 Å². The molecule has 1 aliphatic carbocycles. The number of fused-ring (bicyclic) bond motifs is 3. The Labute approximate surface area is 124 Å². The van der Waals surface area contributed by atoms with Crippen LogP contribution >= 0.6 is 0 Å². The SMILES string of the molecule is CCC(C)NC(=O)c1ccc2c(c1)C(=O)c1ccccc1-2. The number of benzene rings is 2. The predicted molar refractivity (Wildman–Crippen MR) is 82.5 cm³/mol. The van der Waals surface area contributed by atoms with E-state index >= 15 is 0 Å². The highest BCUT2D eigenvalue weighted by atomic mass is 16.1. The Kier molecular flexibility index (Phi) is 3.34. The largest absolute Gasteiger partial charge is 0.350 e. The molecule has 0 saturated carbocycles. The molecule has 1 unspecified atom stereocenters. The zero-order chi connectivity index (χ0) is 15.0. The third-order valence-electron chi connectivity index (χ3n) is 3.98. The molecule has 3 rings (SSSR count). The summed E-state index contributed by atoms with van der Waals surface area (Å²) in [5, 5.41) is 2.92. The molecule has 21 heavy (non-hydrogen) atoms. The van der Waals surface area contributed by atoms with Crippen molar-refractivity contribution in [3.8, 4) is 11.1 Å². The summed E-state index contributed by atoms with van der Waals surface area (Å²) >= 11 is 0. The molecular formula is C18H17NO2. The van der Waals surface area contributed by atoms with Gasteiger partial charge in [-0.15, -0.1) is 0 Å². The molecule has 0 radical (unpaired) electrons. The monoisotopic (exact) mass is 279 g/mol. The molecule has 1 N–H and O–H groups in total. The normalized spacial score (nSPS) is 13.5. The van der Waals surface area contributed by atoms with Crippen molar-refractivity contribution in [2.45, 2.75) is 26.3 Å². The van der Waals surface area contributed by atoms with Gasteiger partial charge in [0.2, 0.25) is 0 Å². The van der Waals surface area contributed by atoms with Crippen LogP contribution in [0.25, 0.3) is 11.1 Å². The number of nitrogens with one attached hydrogen (secondary N) is 1. The van der Waals surface area contributed by atoms with Crippen molar-refractivity contribution in [1.82, 2.24) is 5.32 Å². The van der Waals surface area contributed by atoms with Gasteiger partial charge in [0, 0.05) is 22.7 Å². The van der Waals surface area contributed by atoms with E-state index in [0.717, 1.165) is 17.5 Å².